The summed E-state index contributed by atoms with van der Waals surface area (Å²) in [6.07, 6.45) is 17.2. The standard InChI is InChI=1S/C35H49I3O3/c1-21(2)7-6-8-22(3)27-11-12-28-26-10-9-23-17-25(13-15-34(23,4)29(26)14-16-35(27,28)5)40-20-41-33(39)32-30(37)18-24(36)19-31(32)38/h9,18-19,21-22,25-29H,6-8,10-17,20H2,1-5H3/t22-,25+,26?,27-,28?,29?,34+,35-/m1/s1. The third-order valence-electron chi connectivity index (χ3n) is 12.0. The average Bonchev–Trinajstić information content (AvgIpc) is 3.25. The molecule has 0 spiro atoms. The van der Waals surface area contributed by atoms with E-state index in [0.29, 0.717) is 16.4 Å². The van der Waals surface area contributed by atoms with E-state index in [-0.39, 0.29) is 18.9 Å². The lowest BCUT2D eigenvalue weighted by Crippen LogP contribution is -2.51. The van der Waals surface area contributed by atoms with Crippen LogP contribution in [0.3, 0.4) is 0 Å². The topological polar surface area (TPSA) is 35.5 Å². The Labute approximate surface area is 289 Å². The number of hydrogen-bond acceptors (Lipinski definition) is 3. The number of benzene rings is 1. The summed E-state index contributed by atoms with van der Waals surface area (Å²) in [5.74, 6) is 4.89. The summed E-state index contributed by atoms with van der Waals surface area (Å²) in [5, 5.41) is 0. The molecule has 6 heteroatoms. The van der Waals surface area contributed by atoms with E-state index in [0.717, 1.165) is 59.1 Å². The lowest BCUT2D eigenvalue weighted by Gasteiger charge is -2.58. The van der Waals surface area contributed by atoms with Crippen molar-refractivity contribution in [3.63, 3.8) is 0 Å². The molecule has 3 unspecified atom stereocenters. The molecule has 1 aromatic rings. The third kappa shape index (κ3) is 6.75. The summed E-state index contributed by atoms with van der Waals surface area (Å²) in [5.41, 5.74) is 3.13. The summed E-state index contributed by atoms with van der Waals surface area (Å²) < 4.78 is 14.8. The number of ether oxygens (including phenoxy) is 2. The van der Waals surface area contributed by atoms with E-state index in [1.807, 2.05) is 12.1 Å². The van der Waals surface area contributed by atoms with Crippen molar-refractivity contribution in [1.82, 2.24) is 0 Å². The maximum absolute atomic E-state index is 12.8. The first-order valence-electron chi connectivity index (χ1n) is 16.1. The Bertz CT molecular complexity index is 1120. The van der Waals surface area contributed by atoms with Crippen LogP contribution in [0.5, 0.6) is 0 Å². The van der Waals surface area contributed by atoms with Gasteiger partial charge in [0.15, 0.2) is 6.79 Å². The van der Waals surface area contributed by atoms with E-state index >= 15 is 0 Å². The van der Waals surface area contributed by atoms with Gasteiger partial charge in [0.1, 0.15) is 0 Å². The second-order valence-corrected chi connectivity index (χ2v) is 18.2. The highest BCUT2D eigenvalue weighted by Gasteiger charge is 2.59. The fraction of sp³-hybridized carbons (Fsp3) is 0.743. The Kier molecular flexibility index (Phi) is 10.9. The molecule has 0 heterocycles. The maximum Gasteiger partial charge on any atom is 0.342 e. The normalized spacial score (nSPS) is 35.3. The van der Waals surface area contributed by atoms with Crippen molar-refractivity contribution in [2.75, 3.05) is 6.79 Å². The molecule has 0 aliphatic heterocycles. The van der Waals surface area contributed by atoms with Crippen LogP contribution < -0.4 is 0 Å². The zero-order valence-corrected chi connectivity index (χ0v) is 32.1. The van der Waals surface area contributed by atoms with Crippen molar-refractivity contribution in [2.45, 2.75) is 111 Å². The smallest absolute Gasteiger partial charge is 0.342 e. The van der Waals surface area contributed by atoms with Crippen LogP contribution in [0.1, 0.15) is 116 Å². The summed E-state index contributed by atoms with van der Waals surface area (Å²) in [6, 6.07) is 4.03. The minimum atomic E-state index is -0.287. The minimum Gasteiger partial charge on any atom is -0.435 e. The third-order valence-corrected chi connectivity index (χ3v) is 14.3. The van der Waals surface area contributed by atoms with E-state index in [9.17, 15) is 4.79 Å². The zero-order valence-electron chi connectivity index (χ0n) is 25.6. The van der Waals surface area contributed by atoms with Crippen molar-refractivity contribution < 1.29 is 14.3 Å². The molecule has 0 saturated heterocycles. The average molecular weight is 898 g/mol. The van der Waals surface area contributed by atoms with E-state index in [1.54, 1.807) is 5.57 Å². The summed E-state index contributed by atoms with van der Waals surface area (Å²) in [7, 11) is 0. The first-order chi connectivity index (χ1) is 19.4. The fourth-order valence-electron chi connectivity index (χ4n) is 9.79. The number of fused-ring (bicyclic) bond motifs is 5. The predicted molar refractivity (Wildman–Crippen MR) is 193 cm³/mol. The van der Waals surface area contributed by atoms with Gasteiger partial charge in [0.25, 0.3) is 0 Å². The Morgan fingerprint density at radius 1 is 0.976 bits per heavy atom. The Morgan fingerprint density at radius 3 is 2.41 bits per heavy atom. The molecule has 8 atom stereocenters. The molecule has 3 nitrogen and oxygen atoms in total. The molecule has 41 heavy (non-hydrogen) atoms. The van der Waals surface area contributed by atoms with Crippen LogP contribution in [-0.2, 0) is 9.47 Å². The molecule has 1 aromatic carbocycles. The van der Waals surface area contributed by atoms with E-state index in [4.69, 9.17) is 9.47 Å². The molecule has 0 aromatic heterocycles. The molecule has 0 amide bonds. The van der Waals surface area contributed by atoms with Gasteiger partial charge in [-0.25, -0.2) is 4.79 Å². The Hall–Kier alpha value is 0.580. The van der Waals surface area contributed by atoms with Crippen molar-refractivity contribution >= 4 is 73.7 Å². The first-order valence-corrected chi connectivity index (χ1v) is 19.3. The van der Waals surface area contributed by atoms with Crippen LogP contribution in [0.4, 0.5) is 0 Å². The van der Waals surface area contributed by atoms with Gasteiger partial charge in [-0.2, -0.15) is 0 Å². The monoisotopic (exact) mass is 898 g/mol. The maximum atomic E-state index is 12.8. The summed E-state index contributed by atoms with van der Waals surface area (Å²) in [6.45, 7) is 12.6. The predicted octanol–water partition coefficient (Wildman–Crippen LogP) is 11.0. The van der Waals surface area contributed by atoms with Crippen LogP contribution in [0.2, 0.25) is 0 Å². The summed E-state index contributed by atoms with van der Waals surface area (Å²) >= 11 is 6.72. The second kappa shape index (κ2) is 13.5. The molecule has 3 saturated carbocycles. The van der Waals surface area contributed by atoms with Crippen molar-refractivity contribution in [3.8, 4) is 0 Å². The molecular weight excluding hydrogens is 849 g/mol. The SMILES string of the molecule is CC(C)CCC[C@@H](C)[C@H]1CCC2C3CC=C4C[C@@H](OCOC(=O)c5c(I)cc(I)cc5I)CC[C@]4(C)C3CC[C@@]21C. The highest BCUT2D eigenvalue weighted by Crippen LogP contribution is 2.67. The molecule has 3 fully saturated rings. The molecule has 0 bridgehead atoms. The number of carbonyl (C=O) groups is 1. The zero-order chi connectivity index (χ0) is 29.5. The first kappa shape index (κ1) is 33.0. The lowest BCUT2D eigenvalue weighted by molar-refractivity contribution is -0.0931. The van der Waals surface area contributed by atoms with Crippen LogP contribution in [0.25, 0.3) is 0 Å². The number of allylic oxidation sites excluding steroid dienone is 1. The van der Waals surface area contributed by atoms with E-state index in [2.05, 4.69) is 108 Å². The Balaban J connectivity index is 1.18. The highest BCUT2D eigenvalue weighted by molar-refractivity contribution is 14.1. The van der Waals surface area contributed by atoms with E-state index in [1.165, 1.54) is 57.8 Å². The number of halogens is 3. The molecule has 5 rings (SSSR count). The van der Waals surface area contributed by atoms with Gasteiger partial charge in [0.2, 0.25) is 0 Å². The van der Waals surface area contributed by atoms with E-state index < -0.39 is 0 Å². The number of hydrogen-bond donors (Lipinski definition) is 0. The van der Waals surface area contributed by atoms with Crippen LogP contribution >= 0.6 is 67.8 Å². The molecule has 0 radical (unpaired) electrons. The van der Waals surface area contributed by atoms with Crippen LogP contribution in [-0.4, -0.2) is 18.9 Å². The largest absolute Gasteiger partial charge is 0.435 e. The molecule has 228 valence electrons. The summed E-state index contributed by atoms with van der Waals surface area (Å²) in [4.78, 5) is 12.8. The van der Waals surface area contributed by atoms with Crippen molar-refractivity contribution in [1.29, 1.82) is 0 Å². The highest BCUT2D eigenvalue weighted by atomic mass is 127. The number of esters is 1. The van der Waals surface area contributed by atoms with Gasteiger partial charge in [0.05, 0.1) is 11.7 Å². The number of carbonyl (C=O) groups excluding carboxylic acids is 1. The van der Waals surface area contributed by atoms with Gasteiger partial charge in [-0.1, -0.05) is 65.5 Å². The van der Waals surface area contributed by atoms with Crippen molar-refractivity contribution in [2.24, 2.45) is 46.3 Å². The fourth-order valence-corrected chi connectivity index (χ4v) is 13.8. The van der Waals surface area contributed by atoms with Crippen molar-refractivity contribution in [3.05, 3.63) is 40.1 Å². The molecule has 4 aliphatic carbocycles. The number of rotatable bonds is 9. The van der Waals surface area contributed by atoms with Gasteiger partial charge >= 0.3 is 5.97 Å². The van der Waals surface area contributed by atoms with Gasteiger partial charge in [-0.05, 0) is 178 Å². The van der Waals surface area contributed by atoms with Gasteiger partial charge in [0, 0.05) is 10.7 Å². The van der Waals surface area contributed by atoms with Gasteiger partial charge in [-0.3, -0.25) is 0 Å². The molecule has 4 aliphatic rings. The molecular formula is C35H49I3O3. The van der Waals surface area contributed by atoms with Crippen LogP contribution in [0.15, 0.2) is 23.8 Å². The molecule has 0 N–H and O–H groups in total. The minimum absolute atomic E-state index is 0.0366. The van der Waals surface area contributed by atoms with Crippen LogP contribution in [0, 0.1) is 57.0 Å². The Morgan fingerprint density at radius 2 is 1.71 bits per heavy atom. The lowest BCUT2D eigenvalue weighted by atomic mass is 9.47. The van der Waals surface area contributed by atoms with Gasteiger partial charge in [-0.15, -0.1) is 0 Å². The quantitative estimate of drug-likeness (QED) is 0.107. The second-order valence-electron chi connectivity index (χ2n) is 14.6. The van der Waals surface area contributed by atoms with Gasteiger partial charge < -0.3 is 9.47 Å².